The number of ether oxygens (including phenoxy) is 1. The Morgan fingerprint density at radius 2 is 1.38 bits per heavy atom. The summed E-state index contributed by atoms with van der Waals surface area (Å²) >= 11 is 0. The van der Waals surface area contributed by atoms with Crippen LogP contribution in [0, 0.1) is 22.7 Å². The first-order valence-corrected chi connectivity index (χ1v) is 13.3. The van der Waals surface area contributed by atoms with Crippen LogP contribution in [0.25, 0.3) is 0 Å². The molecule has 2 aliphatic rings. The van der Waals surface area contributed by atoms with Gasteiger partial charge in [0.05, 0.1) is 5.92 Å². The van der Waals surface area contributed by atoms with Crippen LogP contribution in [0.5, 0.6) is 0 Å². The number of unbranched alkanes of at least 4 members (excludes halogenated alkanes) is 2. The first kappa shape index (κ1) is 29.1. The van der Waals surface area contributed by atoms with Gasteiger partial charge in [-0.2, -0.15) is 0 Å². The topological polar surface area (TPSA) is 70.1 Å². The molecule has 0 amide bonds. The van der Waals surface area contributed by atoms with Gasteiger partial charge in [0.25, 0.3) is 0 Å². The first-order chi connectivity index (χ1) is 15.5. The Kier molecular flexibility index (Phi) is 8.95. The second-order valence-corrected chi connectivity index (χ2v) is 13.1. The molecule has 34 heavy (non-hydrogen) atoms. The molecule has 0 radical (unpaired) electrons. The van der Waals surface area contributed by atoms with Gasteiger partial charge in [-0.3, -0.25) is 9.59 Å². The summed E-state index contributed by atoms with van der Waals surface area (Å²) in [5.41, 5.74) is -0.334. The molecule has 6 nitrogen and oxygen atoms in total. The van der Waals surface area contributed by atoms with Crippen molar-refractivity contribution in [3.8, 4) is 0 Å². The summed E-state index contributed by atoms with van der Waals surface area (Å²) in [6.07, 6.45) is 5.04. The Hall–Kier alpha value is -1.14. The molecule has 2 aliphatic heterocycles. The number of piperidine rings is 2. The minimum absolute atomic E-state index is 0.0352. The molecular weight excluding hydrogens is 428 g/mol. The Labute approximate surface area is 208 Å². The summed E-state index contributed by atoms with van der Waals surface area (Å²) in [5.74, 6) is -0.726. The zero-order valence-corrected chi connectivity index (χ0v) is 23.7. The monoisotopic (exact) mass is 480 g/mol. The van der Waals surface area contributed by atoms with Crippen molar-refractivity contribution in [2.75, 3.05) is 27.2 Å². The predicted octanol–water partition coefficient (Wildman–Crippen LogP) is 5.45. The van der Waals surface area contributed by atoms with E-state index in [2.05, 4.69) is 79.3 Å². The first-order valence-electron chi connectivity index (χ1n) is 13.3. The summed E-state index contributed by atoms with van der Waals surface area (Å²) in [6.45, 7) is 20.0. The highest BCUT2D eigenvalue weighted by Crippen LogP contribution is 2.51. The maximum absolute atomic E-state index is 13.9. The molecule has 0 aromatic rings. The van der Waals surface area contributed by atoms with Gasteiger partial charge < -0.3 is 19.6 Å². The fourth-order valence-corrected chi connectivity index (χ4v) is 6.19. The van der Waals surface area contributed by atoms with E-state index in [4.69, 9.17) is 9.84 Å². The number of hydrogen-bond acceptors (Lipinski definition) is 5. The Balaban J connectivity index is 2.25. The Morgan fingerprint density at radius 1 is 0.853 bits per heavy atom. The molecule has 2 heterocycles. The number of likely N-dealkylation sites (tertiary alicyclic amines) is 2. The fraction of sp³-hybridized carbons (Fsp3) is 0.929. The molecule has 198 valence electrons. The highest BCUT2D eigenvalue weighted by atomic mass is 16.5. The lowest BCUT2D eigenvalue weighted by Crippen LogP contribution is -2.63. The summed E-state index contributed by atoms with van der Waals surface area (Å²) in [4.78, 5) is 29.6. The maximum atomic E-state index is 13.9. The smallest absolute Gasteiger partial charge is 0.309 e. The average Bonchev–Trinajstić information content (AvgIpc) is 2.71. The van der Waals surface area contributed by atoms with E-state index in [0.717, 1.165) is 45.2 Å². The number of nitrogens with zero attached hydrogens (tertiary/aromatic N) is 2. The van der Waals surface area contributed by atoms with Gasteiger partial charge in [-0.1, -0.05) is 40.5 Å². The largest absolute Gasteiger partial charge is 0.481 e. The molecule has 2 rings (SSSR count). The molecule has 1 N–H and O–H groups in total. The van der Waals surface area contributed by atoms with Gasteiger partial charge in [-0.25, -0.2) is 0 Å². The Morgan fingerprint density at radius 3 is 1.94 bits per heavy atom. The van der Waals surface area contributed by atoms with Crippen LogP contribution < -0.4 is 0 Å². The third-order valence-corrected chi connectivity index (χ3v) is 10.7. The molecule has 2 fully saturated rings. The molecule has 0 bridgehead atoms. The molecule has 2 saturated heterocycles. The maximum Gasteiger partial charge on any atom is 0.309 e. The second kappa shape index (κ2) is 10.5. The highest BCUT2D eigenvalue weighted by molar-refractivity contribution is 5.73. The van der Waals surface area contributed by atoms with E-state index in [1.807, 2.05) is 0 Å². The van der Waals surface area contributed by atoms with Gasteiger partial charge in [0.2, 0.25) is 0 Å². The number of esters is 1. The van der Waals surface area contributed by atoms with Crippen LogP contribution in [0.15, 0.2) is 0 Å². The third-order valence-electron chi connectivity index (χ3n) is 10.7. The van der Waals surface area contributed by atoms with Crippen molar-refractivity contribution in [1.29, 1.82) is 0 Å². The minimum atomic E-state index is -0.749. The number of rotatable bonds is 9. The molecule has 0 saturated carbocycles. The molecule has 0 spiro atoms. The predicted molar refractivity (Wildman–Crippen MR) is 138 cm³/mol. The molecular formula is C28H52N2O4. The highest BCUT2D eigenvalue weighted by Gasteiger charge is 2.54. The number of carbonyl (C=O) groups is 2. The number of carbonyl (C=O) groups excluding carboxylic acids is 1. The van der Waals surface area contributed by atoms with Gasteiger partial charge in [-0.05, 0) is 85.4 Å². The van der Waals surface area contributed by atoms with Crippen LogP contribution in [0.4, 0.5) is 0 Å². The number of carboxylic acid groups (broad SMARTS) is 1. The third kappa shape index (κ3) is 5.48. The van der Waals surface area contributed by atoms with Crippen molar-refractivity contribution in [2.24, 2.45) is 22.7 Å². The lowest BCUT2D eigenvalue weighted by Gasteiger charge is -2.58. The normalized spacial score (nSPS) is 29.4. The summed E-state index contributed by atoms with van der Waals surface area (Å²) in [7, 11) is 4.34. The minimum Gasteiger partial charge on any atom is -0.481 e. The zero-order valence-electron chi connectivity index (χ0n) is 23.7. The lowest BCUT2D eigenvalue weighted by atomic mass is 9.57. The van der Waals surface area contributed by atoms with Crippen LogP contribution >= 0.6 is 0 Å². The van der Waals surface area contributed by atoms with Crippen molar-refractivity contribution in [3.63, 3.8) is 0 Å². The van der Waals surface area contributed by atoms with Crippen molar-refractivity contribution in [2.45, 2.75) is 118 Å². The van der Waals surface area contributed by atoms with Gasteiger partial charge in [0, 0.05) is 29.5 Å². The van der Waals surface area contributed by atoms with Crippen molar-refractivity contribution in [1.82, 2.24) is 9.80 Å². The second-order valence-electron chi connectivity index (χ2n) is 13.1. The molecule has 0 aromatic carbocycles. The van der Waals surface area contributed by atoms with Gasteiger partial charge in [0.1, 0.15) is 6.10 Å². The van der Waals surface area contributed by atoms with E-state index in [-0.39, 0.29) is 52.2 Å². The van der Waals surface area contributed by atoms with E-state index in [9.17, 15) is 9.59 Å². The summed E-state index contributed by atoms with van der Waals surface area (Å²) < 4.78 is 6.42. The quantitative estimate of drug-likeness (QED) is 0.350. The molecule has 0 aromatic heterocycles. The number of aliphatic carboxylic acids is 1. The van der Waals surface area contributed by atoms with Crippen molar-refractivity contribution < 1.29 is 19.4 Å². The van der Waals surface area contributed by atoms with Crippen molar-refractivity contribution in [3.05, 3.63) is 0 Å². The van der Waals surface area contributed by atoms with Crippen LogP contribution in [0.3, 0.4) is 0 Å². The molecule has 6 heteroatoms. The summed E-state index contributed by atoms with van der Waals surface area (Å²) in [5, 5.41) is 8.98. The van der Waals surface area contributed by atoms with E-state index in [1.165, 1.54) is 0 Å². The fourth-order valence-electron chi connectivity index (χ4n) is 6.19. The van der Waals surface area contributed by atoms with Gasteiger partial charge in [-0.15, -0.1) is 0 Å². The zero-order chi connectivity index (χ0) is 26.1. The summed E-state index contributed by atoms with van der Waals surface area (Å²) in [6, 6.07) is 0. The van der Waals surface area contributed by atoms with E-state index < -0.39 is 5.97 Å². The standard InChI is InChI=1S/C28H52N2O4/c1-25(2)21(16-18-29(9)27(25,5)6)20(14-12-11-13-15-23(31)32)24(33)34-22-17-19-30(10)28(7,8)26(22,3)4/h20-22H,11-19H2,1-10H3,(H,31,32). The van der Waals surface area contributed by atoms with Crippen LogP contribution in [-0.2, 0) is 14.3 Å². The van der Waals surface area contributed by atoms with Crippen molar-refractivity contribution >= 4 is 11.9 Å². The van der Waals surface area contributed by atoms with E-state index >= 15 is 0 Å². The average molecular weight is 481 g/mol. The number of carboxylic acids is 1. The van der Waals surface area contributed by atoms with Crippen LogP contribution in [-0.4, -0.2) is 71.2 Å². The van der Waals surface area contributed by atoms with Gasteiger partial charge >= 0.3 is 11.9 Å². The Bertz CT molecular complexity index is 728. The molecule has 3 unspecified atom stereocenters. The van der Waals surface area contributed by atoms with Gasteiger partial charge in [0.15, 0.2) is 0 Å². The van der Waals surface area contributed by atoms with Crippen LogP contribution in [0.2, 0.25) is 0 Å². The van der Waals surface area contributed by atoms with E-state index in [0.29, 0.717) is 6.42 Å². The number of hydrogen-bond donors (Lipinski definition) is 1. The van der Waals surface area contributed by atoms with Crippen LogP contribution in [0.1, 0.15) is 100 Å². The lowest BCUT2D eigenvalue weighted by molar-refractivity contribution is -0.183. The SMILES string of the molecule is CN1CCC(OC(=O)C(CCCCCC(=O)O)C2CCN(C)C(C)(C)C2(C)C)C(C)(C)C1(C)C. The molecule has 3 atom stereocenters. The molecule has 0 aliphatic carbocycles. The van der Waals surface area contributed by atoms with E-state index in [1.54, 1.807) is 0 Å².